The maximum atomic E-state index is 8.90. The minimum Gasteiger partial charge on any atom is -0.339 e. The fourth-order valence-corrected chi connectivity index (χ4v) is 2.34. The number of nitriles is 1. The molecule has 1 aromatic carbocycles. The highest BCUT2D eigenvalue weighted by Crippen LogP contribution is 2.30. The Morgan fingerprint density at radius 2 is 2.25 bits per heavy atom. The summed E-state index contributed by atoms with van der Waals surface area (Å²) in [6.45, 7) is 4.14. The third-order valence-corrected chi connectivity index (χ3v) is 3.98. The molecule has 1 aromatic heterocycles. The lowest BCUT2D eigenvalue weighted by Gasteiger charge is -2.22. The second-order valence-electron chi connectivity index (χ2n) is 5.20. The van der Waals surface area contributed by atoms with Gasteiger partial charge in [0.05, 0.1) is 6.07 Å². The van der Waals surface area contributed by atoms with Crippen LogP contribution in [0, 0.1) is 16.7 Å². The molecule has 0 amide bonds. The van der Waals surface area contributed by atoms with Crippen molar-refractivity contribution >= 4 is 15.9 Å². The molecular weight excluding hydrogens is 318 g/mol. The van der Waals surface area contributed by atoms with Crippen molar-refractivity contribution in [3.63, 3.8) is 0 Å². The molecular formula is C15H16BrN3O. The molecule has 4 nitrogen and oxygen atoms in total. The number of rotatable bonds is 5. The summed E-state index contributed by atoms with van der Waals surface area (Å²) >= 11 is 3.42. The zero-order chi connectivity index (χ0) is 14.6. The highest BCUT2D eigenvalue weighted by molar-refractivity contribution is 9.10. The van der Waals surface area contributed by atoms with Gasteiger partial charge in [-0.3, -0.25) is 0 Å². The summed E-state index contributed by atoms with van der Waals surface area (Å²) in [4.78, 5) is 4.43. The Labute approximate surface area is 126 Å². The van der Waals surface area contributed by atoms with Crippen molar-refractivity contribution in [2.45, 2.75) is 33.1 Å². The van der Waals surface area contributed by atoms with Gasteiger partial charge in [-0.15, -0.1) is 0 Å². The minimum atomic E-state index is -0.115. The van der Waals surface area contributed by atoms with E-state index < -0.39 is 0 Å². The highest BCUT2D eigenvalue weighted by atomic mass is 79.9. The fourth-order valence-electron chi connectivity index (χ4n) is 1.94. The van der Waals surface area contributed by atoms with Crippen LogP contribution in [0.5, 0.6) is 0 Å². The molecule has 20 heavy (non-hydrogen) atoms. The third kappa shape index (κ3) is 3.45. The van der Waals surface area contributed by atoms with Gasteiger partial charge in [-0.25, -0.2) is 0 Å². The normalized spacial score (nSPS) is 13.7. The molecule has 0 saturated heterocycles. The molecule has 104 valence electrons. The molecule has 2 aromatic rings. The Bertz CT molecular complexity index is 632. The summed E-state index contributed by atoms with van der Waals surface area (Å²) in [6.07, 6.45) is 2.01. The number of halogens is 1. The van der Waals surface area contributed by atoms with Crippen molar-refractivity contribution in [2.75, 3.05) is 0 Å². The van der Waals surface area contributed by atoms with Gasteiger partial charge >= 0.3 is 0 Å². The van der Waals surface area contributed by atoms with E-state index in [1.54, 1.807) is 0 Å². The molecule has 1 atom stereocenters. The van der Waals surface area contributed by atoms with Crippen LogP contribution in [0.1, 0.15) is 32.6 Å². The summed E-state index contributed by atoms with van der Waals surface area (Å²) in [6, 6.07) is 10.00. The van der Waals surface area contributed by atoms with Crippen molar-refractivity contribution in [2.24, 2.45) is 5.41 Å². The quantitative estimate of drug-likeness (QED) is 0.814. The largest absolute Gasteiger partial charge is 0.339 e. The lowest BCUT2D eigenvalue weighted by atomic mass is 9.81. The number of hydrogen-bond acceptors (Lipinski definition) is 4. The van der Waals surface area contributed by atoms with Gasteiger partial charge in [-0.05, 0) is 24.0 Å². The first kappa shape index (κ1) is 14.7. The molecule has 0 aliphatic heterocycles. The molecule has 2 rings (SSSR count). The molecule has 0 aliphatic carbocycles. The van der Waals surface area contributed by atoms with Crippen LogP contribution >= 0.6 is 15.9 Å². The lowest BCUT2D eigenvalue weighted by molar-refractivity contribution is 0.266. The maximum Gasteiger partial charge on any atom is 0.227 e. The maximum absolute atomic E-state index is 8.90. The van der Waals surface area contributed by atoms with E-state index in [1.165, 1.54) is 0 Å². The number of benzene rings is 1. The molecule has 0 saturated carbocycles. The Morgan fingerprint density at radius 3 is 2.90 bits per heavy atom. The van der Waals surface area contributed by atoms with Crippen LogP contribution < -0.4 is 0 Å². The first-order chi connectivity index (χ1) is 9.56. The van der Waals surface area contributed by atoms with E-state index in [4.69, 9.17) is 9.78 Å². The second-order valence-corrected chi connectivity index (χ2v) is 6.11. The Hall–Kier alpha value is -1.67. The molecule has 0 fully saturated rings. The van der Waals surface area contributed by atoms with Crippen molar-refractivity contribution in [1.29, 1.82) is 5.26 Å². The highest BCUT2D eigenvalue weighted by Gasteiger charge is 2.25. The van der Waals surface area contributed by atoms with E-state index in [1.807, 2.05) is 24.3 Å². The van der Waals surface area contributed by atoms with E-state index in [9.17, 15) is 0 Å². The van der Waals surface area contributed by atoms with Crippen molar-refractivity contribution < 1.29 is 4.52 Å². The van der Waals surface area contributed by atoms with Crippen LogP contribution in [0.3, 0.4) is 0 Å². The van der Waals surface area contributed by atoms with Gasteiger partial charge < -0.3 is 4.52 Å². The van der Waals surface area contributed by atoms with Crippen LogP contribution in [0.4, 0.5) is 0 Å². The van der Waals surface area contributed by atoms with Crippen LogP contribution in [0.25, 0.3) is 11.4 Å². The number of aromatic nitrogens is 2. The topological polar surface area (TPSA) is 62.7 Å². The minimum absolute atomic E-state index is 0.115. The van der Waals surface area contributed by atoms with Crippen LogP contribution in [-0.4, -0.2) is 10.1 Å². The predicted octanol–water partition coefficient (Wildman–Crippen LogP) is 4.37. The zero-order valence-corrected chi connectivity index (χ0v) is 13.1. The summed E-state index contributed by atoms with van der Waals surface area (Å²) in [5, 5.41) is 12.9. The van der Waals surface area contributed by atoms with Crippen LogP contribution in [-0.2, 0) is 6.42 Å². The third-order valence-electron chi connectivity index (χ3n) is 3.49. The summed E-state index contributed by atoms with van der Waals surface area (Å²) in [7, 11) is 0. The second kappa shape index (κ2) is 6.19. The number of nitrogens with zero attached hydrogens (tertiary/aromatic N) is 3. The first-order valence-electron chi connectivity index (χ1n) is 6.52. The van der Waals surface area contributed by atoms with E-state index in [-0.39, 0.29) is 5.41 Å². The van der Waals surface area contributed by atoms with Gasteiger partial charge in [0.15, 0.2) is 0 Å². The van der Waals surface area contributed by atoms with Gasteiger partial charge in [0.1, 0.15) is 0 Å². The van der Waals surface area contributed by atoms with E-state index >= 15 is 0 Å². The Morgan fingerprint density at radius 1 is 1.45 bits per heavy atom. The standard InChI is InChI=1S/C15H16BrN3O/c1-3-15(2,7-8-17)10-13-18-14(19-20-13)11-5-4-6-12(16)9-11/h4-6,9H,3,7,10H2,1-2H3. The molecule has 5 heteroatoms. The summed E-state index contributed by atoms with van der Waals surface area (Å²) < 4.78 is 6.29. The van der Waals surface area contributed by atoms with Gasteiger partial charge in [-0.2, -0.15) is 10.2 Å². The molecule has 1 unspecified atom stereocenters. The SMILES string of the molecule is CCC(C)(CC#N)Cc1nc(-c2cccc(Br)c2)no1. The molecule has 0 radical (unpaired) electrons. The molecule has 0 aliphatic rings. The Kier molecular flexibility index (Phi) is 4.56. The average molecular weight is 334 g/mol. The lowest BCUT2D eigenvalue weighted by Crippen LogP contribution is -2.18. The molecule has 0 spiro atoms. The van der Waals surface area contributed by atoms with Crippen LogP contribution in [0.2, 0.25) is 0 Å². The monoisotopic (exact) mass is 333 g/mol. The van der Waals surface area contributed by atoms with Crippen LogP contribution in [0.15, 0.2) is 33.3 Å². The van der Waals surface area contributed by atoms with Crippen molar-refractivity contribution in [3.8, 4) is 17.5 Å². The van der Waals surface area contributed by atoms with Gasteiger partial charge in [0, 0.05) is 22.9 Å². The predicted molar refractivity (Wildman–Crippen MR) is 79.8 cm³/mol. The van der Waals surface area contributed by atoms with E-state index in [0.29, 0.717) is 24.6 Å². The Balaban J connectivity index is 2.19. The van der Waals surface area contributed by atoms with Gasteiger partial charge in [-0.1, -0.05) is 47.1 Å². The molecule has 0 bridgehead atoms. The van der Waals surface area contributed by atoms with Crippen molar-refractivity contribution in [3.05, 3.63) is 34.6 Å². The summed E-state index contributed by atoms with van der Waals surface area (Å²) in [5.74, 6) is 1.16. The number of hydrogen-bond donors (Lipinski definition) is 0. The molecule has 1 heterocycles. The fraction of sp³-hybridized carbons (Fsp3) is 0.400. The first-order valence-corrected chi connectivity index (χ1v) is 7.31. The van der Waals surface area contributed by atoms with E-state index in [2.05, 4.69) is 46.0 Å². The summed E-state index contributed by atoms with van der Waals surface area (Å²) in [5.41, 5.74) is 0.795. The molecule has 0 N–H and O–H groups in total. The van der Waals surface area contributed by atoms with Gasteiger partial charge in [0.2, 0.25) is 11.7 Å². The van der Waals surface area contributed by atoms with Crippen molar-refractivity contribution in [1.82, 2.24) is 10.1 Å². The zero-order valence-electron chi connectivity index (χ0n) is 11.6. The smallest absolute Gasteiger partial charge is 0.227 e. The van der Waals surface area contributed by atoms with Gasteiger partial charge in [0.25, 0.3) is 0 Å². The average Bonchev–Trinajstić information content (AvgIpc) is 2.87. The van der Waals surface area contributed by atoms with E-state index in [0.717, 1.165) is 16.5 Å².